The lowest BCUT2D eigenvalue weighted by Gasteiger charge is -2.19. The van der Waals surface area contributed by atoms with E-state index in [9.17, 15) is 18.5 Å². The third-order valence-electron chi connectivity index (χ3n) is 3.09. The van der Waals surface area contributed by atoms with Crippen LogP contribution in [0.4, 0.5) is 5.69 Å². The molecule has 1 fully saturated rings. The number of nitro groups is 1. The second kappa shape index (κ2) is 5.61. The highest BCUT2D eigenvalue weighted by Crippen LogP contribution is 2.31. The molecular weight excluding hydrogens is 280 g/mol. The summed E-state index contributed by atoms with van der Waals surface area (Å²) in [6, 6.07) is 5.02. The van der Waals surface area contributed by atoms with Crippen LogP contribution in [0.3, 0.4) is 0 Å². The molecule has 1 saturated carbocycles. The predicted molar refractivity (Wildman–Crippen MR) is 73.4 cm³/mol. The van der Waals surface area contributed by atoms with Crippen molar-refractivity contribution in [2.75, 3.05) is 13.1 Å². The van der Waals surface area contributed by atoms with Crippen molar-refractivity contribution in [3.8, 4) is 12.3 Å². The van der Waals surface area contributed by atoms with Crippen LogP contribution in [0.5, 0.6) is 0 Å². The van der Waals surface area contributed by atoms with E-state index in [0.29, 0.717) is 12.5 Å². The molecule has 0 radical (unpaired) electrons. The second-order valence-corrected chi connectivity index (χ2v) is 6.64. The van der Waals surface area contributed by atoms with Gasteiger partial charge in [0.15, 0.2) is 0 Å². The molecule has 1 aromatic carbocycles. The standard InChI is InChI=1S/C13H14N2O4S/c1-2-8-14(10-11-6-7-11)20(18,19)13-5-3-4-12(9-13)15(16)17/h1,3-5,9,11H,6-8,10H2. The molecule has 0 unspecified atom stereocenters. The predicted octanol–water partition coefficient (Wildman–Crippen LogP) is 1.63. The first-order valence-corrected chi connectivity index (χ1v) is 7.57. The van der Waals surface area contributed by atoms with Crippen molar-refractivity contribution in [2.45, 2.75) is 17.7 Å². The molecule has 0 aliphatic heterocycles. The Morgan fingerprint density at radius 2 is 2.15 bits per heavy atom. The maximum atomic E-state index is 12.5. The van der Waals surface area contributed by atoms with Gasteiger partial charge in [0.05, 0.1) is 16.4 Å². The van der Waals surface area contributed by atoms with E-state index in [1.807, 2.05) is 0 Å². The summed E-state index contributed by atoms with van der Waals surface area (Å²) in [7, 11) is -3.79. The Kier molecular flexibility index (Phi) is 4.06. The lowest BCUT2D eigenvalue weighted by atomic mass is 10.3. The Bertz CT molecular complexity index is 659. The van der Waals surface area contributed by atoms with Crippen LogP contribution in [-0.2, 0) is 10.0 Å². The average Bonchev–Trinajstić information content (AvgIpc) is 3.22. The van der Waals surface area contributed by atoms with E-state index in [4.69, 9.17) is 6.42 Å². The van der Waals surface area contributed by atoms with Crippen molar-refractivity contribution >= 4 is 15.7 Å². The normalized spacial score (nSPS) is 15.0. The Morgan fingerprint density at radius 1 is 1.45 bits per heavy atom. The molecular formula is C13H14N2O4S. The second-order valence-electron chi connectivity index (χ2n) is 4.70. The monoisotopic (exact) mass is 294 g/mol. The van der Waals surface area contributed by atoms with Crippen LogP contribution in [0, 0.1) is 28.4 Å². The molecule has 6 nitrogen and oxygen atoms in total. The highest BCUT2D eigenvalue weighted by Gasteiger charge is 2.31. The molecule has 0 atom stereocenters. The number of hydrogen-bond acceptors (Lipinski definition) is 4. The van der Waals surface area contributed by atoms with Crippen molar-refractivity contribution in [1.29, 1.82) is 0 Å². The molecule has 106 valence electrons. The van der Waals surface area contributed by atoms with E-state index >= 15 is 0 Å². The Hall–Kier alpha value is -1.91. The van der Waals surface area contributed by atoms with Crippen LogP contribution >= 0.6 is 0 Å². The number of benzene rings is 1. The van der Waals surface area contributed by atoms with E-state index in [-0.39, 0.29) is 17.1 Å². The van der Waals surface area contributed by atoms with Crippen LogP contribution in [0.1, 0.15) is 12.8 Å². The zero-order chi connectivity index (χ0) is 14.8. The molecule has 0 heterocycles. The topological polar surface area (TPSA) is 80.5 Å². The smallest absolute Gasteiger partial charge is 0.258 e. The molecule has 7 heteroatoms. The van der Waals surface area contributed by atoms with E-state index in [1.54, 1.807) is 0 Å². The molecule has 0 amide bonds. The Balaban J connectivity index is 2.33. The minimum atomic E-state index is -3.79. The number of sulfonamides is 1. The quantitative estimate of drug-likeness (QED) is 0.453. The van der Waals surface area contributed by atoms with E-state index in [2.05, 4.69) is 5.92 Å². The SMILES string of the molecule is C#CCN(CC1CC1)S(=O)(=O)c1cccc([N+](=O)[O-])c1. The van der Waals surface area contributed by atoms with Crippen LogP contribution in [0.2, 0.25) is 0 Å². The fourth-order valence-corrected chi connectivity index (χ4v) is 3.31. The molecule has 2 rings (SSSR count). The van der Waals surface area contributed by atoms with Crippen LogP contribution < -0.4 is 0 Å². The van der Waals surface area contributed by atoms with Gasteiger partial charge in [0.2, 0.25) is 10.0 Å². The first-order valence-electron chi connectivity index (χ1n) is 6.13. The molecule has 0 bridgehead atoms. The number of terminal acetylenes is 1. The van der Waals surface area contributed by atoms with Gasteiger partial charge in [-0.3, -0.25) is 10.1 Å². The van der Waals surface area contributed by atoms with Gasteiger partial charge in [0, 0.05) is 18.7 Å². The van der Waals surface area contributed by atoms with Gasteiger partial charge < -0.3 is 0 Å². The van der Waals surface area contributed by atoms with Gasteiger partial charge in [-0.15, -0.1) is 6.42 Å². The average molecular weight is 294 g/mol. The van der Waals surface area contributed by atoms with Gasteiger partial charge in [0.25, 0.3) is 5.69 Å². The molecule has 0 spiro atoms. The highest BCUT2D eigenvalue weighted by molar-refractivity contribution is 7.89. The van der Waals surface area contributed by atoms with Crippen molar-refractivity contribution in [3.63, 3.8) is 0 Å². The maximum absolute atomic E-state index is 12.5. The number of non-ortho nitro benzene ring substituents is 1. The van der Waals surface area contributed by atoms with E-state index < -0.39 is 14.9 Å². The van der Waals surface area contributed by atoms with Gasteiger partial charge in [-0.2, -0.15) is 4.31 Å². The minimum Gasteiger partial charge on any atom is -0.258 e. The van der Waals surface area contributed by atoms with Gasteiger partial charge in [-0.1, -0.05) is 12.0 Å². The highest BCUT2D eigenvalue weighted by atomic mass is 32.2. The fourth-order valence-electron chi connectivity index (χ4n) is 1.84. The molecule has 1 aromatic rings. The summed E-state index contributed by atoms with van der Waals surface area (Å²) in [5, 5.41) is 10.7. The molecule has 20 heavy (non-hydrogen) atoms. The number of nitro benzene ring substituents is 1. The summed E-state index contributed by atoms with van der Waals surface area (Å²) >= 11 is 0. The Labute approximate surface area is 117 Å². The van der Waals surface area contributed by atoms with Crippen LogP contribution in [0.25, 0.3) is 0 Å². The number of hydrogen-bond donors (Lipinski definition) is 0. The summed E-state index contributed by atoms with van der Waals surface area (Å²) in [5.74, 6) is 2.67. The largest absolute Gasteiger partial charge is 0.270 e. The summed E-state index contributed by atoms with van der Waals surface area (Å²) in [4.78, 5) is 10.0. The van der Waals surface area contributed by atoms with E-state index in [0.717, 1.165) is 18.9 Å². The Morgan fingerprint density at radius 3 is 2.70 bits per heavy atom. The summed E-state index contributed by atoms with van der Waals surface area (Å²) in [6.07, 6.45) is 7.20. The first kappa shape index (κ1) is 14.5. The van der Waals surface area contributed by atoms with Gasteiger partial charge in [-0.05, 0) is 24.8 Å². The summed E-state index contributed by atoms with van der Waals surface area (Å²) in [5.41, 5.74) is -0.252. The molecule has 1 aliphatic rings. The number of rotatable bonds is 6. The molecule has 1 aliphatic carbocycles. The third kappa shape index (κ3) is 3.15. The zero-order valence-electron chi connectivity index (χ0n) is 10.7. The maximum Gasteiger partial charge on any atom is 0.270 e. The van der Waals surface area contributed by atoms with Gasteiger partial charge in [-0.25, -0.2) is 8.42 Å². The molecule has 0 saturated heterocycles. The lowest BCUT2D eigenvalue weighted by Crippen LogP contribution is -2.33. The number of nitrogens with zero attached hydrogens (tertiary/aromatic N) is 2. The van der Waals surface area contributed by atoms with E-state index in [1.165, 1.54) is 22.5 Å². The van der Waals surface area contributed by atoms with Crippen LogP contribution in [0.15, 0.2) is 29.2 Å². The zero-order valence-corrected chi connectivity index (χ0v) is 11.5. The lowest BCUT2D eigenvalue weighted by molar-refractivity contribution is -0.385. The third-order valence-corrected chi connectivity index (χ3v) is 4.90. The van der Waals surface area contributed by atoms with Crippen molar-refractivity contribution < 1.29 is 13.3 Å². The van der Waals surface area contributed by atoms with Crippen molar-refractivity contribution in [3.05, 3.63) is 34.4 Å². The molecule has 0 N–H and O–H groups in total. The summed E-state index contributed by atoms with van der Waals surface area (Å²) in [6.45, 7) is 0.344. The van der Waals surface area contributed by atoms with Crippen molar-refractivity contribution in [1.82, 2.24) is 4.31 Å². The first-order chi connectivity index (χ1) is 9.45. The molecule has 0 aromatic heterocycles. The van der Waals surface area contributed by atoms with Crippen LogP contribution in [-0.4, -0.2) is 30.7 Å². The van der Waals surface area contributed by atoms with Gasteiger partial charge >= 0.3 is 0 Å². The fraction of sp³-hybridized carbons (Fsp3) is 0.385. The summed E-state index contributed by atoms with van der Waals surface area (Å²) < 4.78 is 26.1. The van der Waals surface area contributed by atoms with Crippen molar-refractivity contribution in [2.24, 2.45) is 5.92 Å². The van der Waals surface area contributed by atoms with Gasteiger partial charge in [0.1, 0.15) is 0 Å². The minimum absolute atomic E-state index is 0.0263.